The molecule has 11 atom stereocenters. The molecule has 4 saturated carbocycles. The van der Waals surface area contributed by atoms with E-state index in [9.17, 15) is 19.8 Å². The van der Waals surface area contributed by atoms with Gasteiger partial charge in [-0.15, -0.1) is 0 Å². The molecule has 3 N–H and O–H groups in total. The molecular weight excluding hydrogens is 442 g/mol. The van der Waals surface area contributed by atoms with Crippen LogP contribution in [-0.4, -0.2) is 48.0 Å². The molecule has 4 fully saturated rings. The van der Waals surface area contributed by atoms with E-state index in [2.05, 4.69) is 37.7 Å². The number of carbonyl (C=O) groups is 2. The molecule has 0 bridgehead atoms. The third kappa shape index (κ3) is 4.67. The van der Waals surface area contributed by atoms with Gasteiger partial charge in [0.1, 0.15) is 6.54 Å². The van der Waals surface area contributed by atoms with E-state index in [-0.39, 0.29) is 41.4 Å². The molecule has 0 saturated heterocycles. The molecular formula is C29H49NO5. The van der Waals surface area contributed by atoms with E-state index in [1.165, 1.54) is 32.8 Å². The van der Waals surface area contributed by atoms with Crippen LogP contribution in [0.2, 0.25) is 0 Å². The van der Waals surface area contributed by atoms with Crippen molar-refractivity contribution in [3.63, 3.8) is 0 Å². The fourth-order valence-corrected chi connectivity index (χ4v) is 9.82. The predicted octanol–water partition coefficient (Wildman–Crippen LogP) is 4.32. The molecule has 6 nitrogen and oxygen atoms in total. The Bertz CT molecular complexity index is 787. The fraction of sp³-hybridized carbons (Fsp3) is 0.931. The first kappa shape index (κ1) is 26.9. The zero-order chi connectivity index (χ0) is 25.5. The van der Waals surface area contributed by atoms with Crippen LogP contribution in [0.15, 0.2) is 0 Å². The molecule has 0 heterocycles. The van der Waals surface area contributed by atoms with E-state index < -0.39 is 5.97 Å². The van der Waals surface area contributed by atoms with Crippen molar-refractivity contribution in [1.29, 1.82) is 0 Å². The van der Waals surface area contributed by atoms with Crippen molar-refractivity contribution in [2.45, 2.75) is 104 Å². The van der Waals surface area contributed by atoms with E-state index in [1.807, 2.05) is 0 Å². The van der Waals surface area contributed by atoms with Gasteiger partial charge in [-0.1, -0.05) is 34.1 Å². The summed E-state index contributed by atoms with van der Waals surface area (Å²) in [6, 6.07) is 0. The van der Waals surface area contributed by atoms with Gasteiger partial charge in [-0.2, -0.15) is 0 Å². The molecule has 200 valence electrons. The summed E-state index contributed by atoms with van der Waals surface area (Å²) in [6.07, 6.45) is 9.36. The van der Waals surface area contributed by atoms with Crippen molar-refractivity contribution in [1.82, 2.24) is 5.32 Å². The number of carbonyl (C=O) groups excluding carboxylic acids is 2. The molecule has 6 heteroatoms. The Morgan fingerprint density at radius 2 is 1.71 bits per heavy atom. The second kappa shape index (κ2) is 10.3. The summed E-state index contributed by atoms with van der Waals surface area (Å²) in [5.74, 6) is 2.64. The summed E-state index contributed by atoms with van der Waals surface area (Å²) in [5.41, 5.74) is 0.437. The molecule has 0 aromatic carbocycles. The highest BCUT2D eigenvalue weighted by molar-refractivity contribution is 5.81. The maximum atomic E-state index is 12.3. The van der Waals surface area contributed by atoms with Gasteiger partial charge in [0.05, 0.1) is 19.3 Å². The lowest BCUT2D eigenvalue weighted by Gasteiger charge is -2.64. The van der Waals surface area contributed by atoms with E-state index in [0.29, 0.717) is 41.9 Å². The number of fused-ring (bicyclic) bond motifs is 5. The summed E-state index contributed by atoms with van der Waals surface area (Å²) < 4.78 is 4.61. The van der Waals surface area contributed by atoms with Crippen LogP contribution in [0.1, 0.15) is 91.9 Å². The van der Waals surface area contributed by atoms with Crippen molar-refractivity contribution in [3.8, 4) is 0 Å². The van der Waals surface area contributed by atoms with E-state index >= 15 is 0 Å². The van der Waals surface area contributed by atoms with E-state index in [1.54, 1.807) is 0 Å². The van der Waals surface area contributed by atoms with Gasteiger partial charge < -0.3 is 20.3 Å². The monoisotopic (exact) mass is 491 g/mol. The minimum Gasteiger partial charge on any atom is -0.468 e. The third-order valence-electron chi connectivity index (χ3n) is 11.6. The Kier molecular flexibility index (Phi) is 7.93. The number of aliphatic hydroxyl groups is 2. The third-order valence-corrected chi connectivity index (χ3v) is 11.6. The summed E-state index contributed by atoms with van der Waals surface area (Å²) in [6.45, 7) is 9.42. The van der Waals surface area contributed by atoms with E-state index in [0.717, 1.165) is 32.1 Å². The smallest absolute Gasteiger partial charge is 0.325 e. The second-order valence-corrected chi connectivity index (χ2v) is 13.0. The average molecular weight is 492 g/mol. The topological polar surface area (TPSA) is 95.9 Å². The number of ether oxygens (including phenoxy) is 1. The Morgan fingerprint density at radius 3 is 2.40 bits per heavy atom. The minimum atomic E-state index is -0.422. The Hall–Kier alpha value is -1.14. The number of rotatable bonds is 7. The van der Waals surface area contributed by atoms with Crippen molar-refractivity contribution in [2.24, 2.45) is 52.3 Å². The van der Waals surface area contributed by atoms with Gasteiger partial charge in [-0.25, -0.2) is 0 Å². The minimum absolute atomic E-state index is 0.0662. The van der Waals surface area contributed by atoms with Gasteiger partial charge >= 0.3 is 5.97 Å². The van der Waals surface area contributed by atoms with Gasteiger partial charge in [-0.3, -0.25) is 9.59 Å². The molecule has 0 aromatic heterocycles. The summed E-state index contributed by atoms with van der Waals surface area (Å²) in [5, 5.41) is 25.0. The van der Waals surface area contributed by atoms with Crippen molar-refractivity contribution in [3.05, 3.63) is 0 Å². The first-order valence-electron chi connectivity index (χ1n) is 14.3. The second-order valence-electron chi connectivity index (χ2n) is 13.0. The van der Waals surface area contributed by atoms with Crippen molar-refractivity contribution in [2.75, 3.05) is 13.7 Å². The van der Waals surface area contributed by atoms with Crippen LogP contribution in [-0.2, 0) is 14.3 Å². The Morgan fingerprint density at radius 1 is 1.03 bits per heavy atom. The standard InChI is InChI=1S/C29H49NO5/c1-6-19-23-15-18(31)11-13-29(23,4)22-12-14-28(3)20(8-9-21(28)26(22)27(19)34)17(2)7-10-24(32)30-16-25(33)35-5/h17-23,26-27,31,34H,6-16H2,1-5H3,(H,30,32)/t17-,18-,19-,20?,21+,22+,23?,26?,27-,28?,29+/m1/s1. The summed E-state index contributed by atoms with van der Waals surface area (Å²) in [4.78, 5) is 23.6. The molecule has 0 aromatic rings. The van der Waals surface area contributed by atoms with Crippen LogP contribution < -0.4 is 5.32 Å². The van der Waals surface area contributed by atoms with Gasteiger partial charge in [0, 0.05) is 6.42 Å². The van der Waals surface area contributed by atoms with Crippen LogP contribution >= 0.6 is 0 Å². The van der Waals surface area contributed by atoms with Gasteiger partial charge in [-0.05, 0) is 104 Å². The van der Waals surface area contributed by atoms with Gasteiger partial charge in [0.25, 0.3) is 0 Å². The summed E-state index contributed by atoms with van der Waals surface area (Å²) in [7, 11) is 1.33. The van der Waals surface area contributed by atoms with Crippen molar-refractivity contribution < 1.29 is 24.5 Å². The number of methoxy groups -OCH3 is 1. The highest BCUT2D eigenvalue weighted by atomic mass is 16.5. The first-order chi connectivity index (χ1) is 16.6. The number of nitrogens with one attached hydrogen (secondary N) is 1. The Balaban J connectivity index is 1.47. The lowest BCUT2D eigenvalue weighted by atomic mass is 9.41. The van der Waals surface area contributed by atoms with Crippen LogP contribution in [0, 0.1) is 52.3 Å². The molecule has 0 aliphatic heterocycles. The molecule has 4 unspecified atom stereocenters. The molecule has 4 aliphatic carbocycles. The maximum Gasteiger partial charge on any atom is 0.325 e. The molecule has 0 radical (unpaired) electrons. The predicted molar refractivity (Wildman–Crippen MR) is 135 cm³/mol. The molecule has 1 amide bonds. The molecule has 4 aliphatic rings. The van der Waals surface area contributed by atoms with Crippen molar-refractivity contribution >= 4 is 11.9 Å². The fourth-order valence-electron chi connectivity index (χ4n) is 9.82. The summed E-state index contributed by atoms with van der Waals surface area (Å²) >= 11 is 0. The van der Waals surface area contributed by atoms with E-state index in [4.69, 9.17) is 0 Å². The number of esters is 1. The van der Waals surface area contributed by atoms with Crippen LogP contribution in [0.25, 0.3) is 0 Å². The average Bonchev–Trinajstić information content (AvgIpc) is 3.19. The lowest BCUT2D eigenvalue weighted by molar-refractivity contribution is -0.203. The molecule has 4 rings (SSSR count). The molecule has 0 spiro atoms. The Labute approximate surface area is 212 Å². The number of aliphatic hydroxyl groups excluding tert-OH is 2. The van der Waals surface area contributed by atoms with Crippen LogP contribution in [0.3, 0.4) is 0 Å². The van der Waals surface area contributed by atoms with Gasteiger partial charge in [0.2, 0.25) is 5.91 Å². The zero-order valence-electron chi connectivity index (χ0n) is 22.6. The number of hydrogen-bond donors (Lipinski definition) is 3. The SMILES string of the molecule is CC[C@@H]1C2C[C@H](O)CC[C@@]2(C)[C@H]2CCC3(C)C([C@H](C)CCC(=O)NCC(=O)OC)CC[C@H]3C2[C@@H]1O. The largest absolute Gasteiger partial charge is 0.468 e. The number of amides is 1. The number of hydrogen-bond acceptors (Lipinski definition) is 5. The highest BCUT2D eigenvalue weighted by Crippen LogP contribution is 2.69. The van der Waals surface area contributed by atoms with Crippen LogP contribution in [0.5, 0.6) is 0 Å². The zero-order valence-corrected chi connectivity index (χ0v) is 22.6. The lowest BCUT2D eigenvalue weighted by Crippen LogP contribution is -2.62. The highest BCUT2D eigenvalue weighted by Gasteiger charge is 2.64. The quantitative estimate of drug-likeness (QED) is 0.461. The van der Waals surface area contributed by atoms with Crippen LogP contribution in [0.4, 0.5) is 0 Å². The van der Waals surface area contributed by atoms with Gasteiger partial charge in [0.15, 0.2) is 0 Å². The normalized spacial score (nSPS) is 45.6. The maximum absolute atomic E-state index is 12.3. The first-order valence-corrected chi connectivity index (χ1v) is 14.3. The molecule has 35 heavy (non-hydrogen) atoms.